The number of nitrogens with zero attached hydrogens (tertiary/aromatic N) is 5. The van der Waals surface area contributed by atoms with Crippen LogP contribution in [0.1, 0.15) is 36.1 Å². The van der Waals surface area contributed by atoms with E-state index in [2.05, 4.69) is 37.6 Å². The number of aryl methyl sites for hydroxylation is 1. The molecule has 0 unspecified atom stereocenters. The summed E-state index contributed by atoms with van der Waals surface area (Å²) in [5, 5.41) is 11.9. The molecule has 3 aromatic rings. The summed E-state index contributed by atoms with van der Waals surface area (Å²) in [6.07, 6.45) is 7.41. The molecule has 4 bridgehead atoms. The van der Waals surface area contributed by atoms with Crippen molar-refractivity contribution in [1.82, 2.24) is 30.2 Å². The number of carbonyl (C=O) groups excluding carboxylic acids is 1. The molecule has 6 rings (SSSR count). The number of nitrogen functional groups attached to an aromatic ring is 1. The van der Waals surface area contributed by atoms with Gasteiger partial charge in [-0.1, -0.05) is 23.4 Å². The molecule has 0 atom stereocenters. The van der Waals surface area contributed by atoms with Crippen LogP contribution in [-0.4, -0.2) is 57.0 Å². The van der Waals surface area contributed by atoms with Crippen LogP contribution >= 0.6 is 0 Å². The first-order valence-electron chi connectivity index (χ1n) is 12.4. The van der Waals surface area contributed by atoms with E-state index >= 15 is 0 Å². The average Bonchev–Trinajstić information content (AvgIpc) is 3.32. The van der Waals surface area contributed by atoms with Gasteiger partial charge in [0.1, 0.15) is 11.6 Å². The van der Waals surface area contributed by atoms with E-state index in [9.17, 15) is 4.79 Å². The van der Waals surface area contributed by atoms with E-state index in [4.69, 9.17) is 10.5 Å². The highest BCUT2D eigenvalue weighted by Crippen LogP contribution is 2.36. The monoisotopic (exact) mass is 475 g/mol. The van der Waals surface area contributed by atoms with Crippen LogP contribution in [0.2, 0.25) is 0 Å². The molecule has 3 aliphatic rings. The molecule has 3 N–H and O–H groups in total. The molecule has 2 aromatic heterocycles. The highest BCUT2D eigenvalue weighted by Gasteiger charge is 2.42. The van der Waals surface area contributed by atoms with Crippen LogP contribution in [0.4, 0.5) is 5.82 Å². The van der Waals surface area contributed by atoms with Crippen LogP contribution in [0.3, 0.4) is 0 Å². The number of likely N-dealkylation sites (tertiary alicyclic amines) is 1. The smallest absolute Gasteiger partial charge is 0.226 e. The summed E-state index contributed by atoms with van der Waals surface area (Å²) in [6, 6.07) is 12.1. The fourth-order valence-electron chi connectivity index (χ4n) is 5.00. The molecule has 0 aliphatic carbocycles. The number of pyridine rings is 1. The molecule has 184 valence electrons. The van der Waals surface area contributed by atoms with Crippen molar-refractivity contribution >= 4 is 11.7 Å². The third-order valence-corrected chi connectivity index (χ3v) is 7.14. The normalized spacial score (nSPS) is 19.1. The van der Waals surface area contributed by atoms with Gasteiger partial charge in [-0.05, 0) is 56.1 Å². The maximum Gasteiger partial charge on any atom is 0.226 e. The minimum absolute atomic E-state index is 0.108. The molecule has 1 spiro atoms. The number of nitrogens with two attached hydrogens (primary N) is 1. The number of aromatic nitrogens is 4. The molecule has 35 heavy (non-hydrogen) atoms. The molecule has 0 saturated carbocycles. The number of hydrogen-bond acceptors (Lipinski definition) is 7. The Labute approximate surface area is 205 Å². The summed E-state index contributed by atoms with van der Waals surface area (Å²) >= 11 is 0. The lowest BCUT2D eigenvalue weighted by Crippen LogP contribution is -2.50. The molecule has 1 aromatic carbocycles. The highest BCUT2D eigenvalue weighted by atomic mass is 16.5. The second-order valence-electron chi connectivity index (χ2n) is 9.61. The van der Waals surface area contributed by atoms with Gasteiger partial charge in [-0.2, -0.15) is 0 Å². The predicted molar refractivity (Wildman–Crippen MR) is 133 cm³/mol. The number of nitrogens with one attached hydrogen (secondary N) is 1. The first-order valence-corrected chi connectivity index (χ1v) is 12.4. The van der Waals surface area contributed by atoms with E-state index in [-0.39, 0.29) is 5.91 Å². The van der Waals surface area contributed by atoms with Crippen molar-refractivity contribution < 1.29 is 9.53 Å². The molecule has 9 heteroatoms. The largest absolute Gasteiger partial charge is 0.494 e. The van der Waals surface area contributed by atoms with Crippen LogP contribution in [0, 0.1) is 5.41 Å². The molecule has 1 saturated heterocycles. The van der Waals surface area contributed by atoms with Gasteiger partial charge in [-0.15, -0.1) is 5.10 Å². The Morgan fingerprint density at radius 3 is 2.74 bits per heavy atom. The van der Waals surface area contributed by atoms with E-state index in [1.165, 1.54) is 5.56 Å². The molecule has 1 amide bonds. The number of piperidine rings is 1. The molecular formula is C26H33N7O2. The Kier molecular flexibility index (Phi) is 6.94. The number of benzene rings is 1. The fraction of sp³-hybridized carbons (Fsp3) is 0.462. The first-order chi connectivity index (χ1) is 17.1. The van der Waals surface area contributed by atoms with Gasteiger partial charge in [0.2, 0.25) is 5.91 Å². The fourth-order valence-corrected chi connectivity index (χ4v) is 5.00. The van der Waals surface area contributed by atoms with Gasteiger partial charge in [-0.3, -0.25) is 14.4 Å². The zero-order valence-corrected chi connectivity index (χ0v) is 20.0. The summed E-state index contributed by atoms with van der Waals surface area (Å²) in [5.74, 6) is 1.54. The number of ether oxygens (including phenoxy) is 1. The first kappa shape index (κ1) is 23.3. The molecule has 3 aliphatic heterocycles. The Balaban J connectivity index is 1.32. The summed E-state index contributed by atoms with van der Waals surface area (Å²) in [6.45, 7) is 4.32. The third kappa shape index (κ3) is 5.62. The number of fused-ring (bicyclic) bond motifs is 8. The van der Waals surface area contributed by atoms with Crippen molar-refractivity contribution in [2.75, 3.05) is 32.0 Å². The average molecular weight is 476 g/mol. The lowest BCUT2D eigenvalue weighted by Gasteiger charge is -2.40. The van der Waals surface area contributed by atoms with Crippen molar-refractivity contribution in [1.29, 1.82) is 0 Å². The maximum atomic E-state index is 13.6. The van der Waals surface area contributed by atoms with Gasteiger partial charge in [0.15, 0.2) is 0 Å². The van der Waals surface area contributed by atoms with E-state index in [1.54, 1.807) is 6.20 Å². The minimum Gasteiger partial charge on any atom is -0.494 e. The van der Waals surface area contributed by atoms with Gasteiger partial charge >= 0.3 is 0 Å². The van der Waals surface area contributed by atoms with Crippen LogP contribution < -0.4 is 15.8 Å². The van der Waals surface area contributed by atoms with E-state index < -0.39 is 5.41 Å². The number of rotatable bonds is 2. The zero-order chi connectivity index (χ0) is 24.1. The van der Waals surface area contributed by atoms with E-state index in [1.807, 2.05) is 35.1 Å². The highest BCUT2D eigenvalue weighted by molar-refractivity contribution is 5.83. The van der Waals surface area contributed by atoms with Crippen LogP contribution in [0.25, 0.3) is 0 Å². The SMILES string of the molecule is Nc1ncccc1CN1CCC2(CC1)Cc1cn(nn1)CCCOc1ccc(cc1)CCNC2=O. The third-order valence-electron chi connectivity index (χ3n) is 7.14. The summed E-state index contributed by atoms with van der Waals surface area (Å²) in [7, 11) is 0. The van der Waals surface area contributed by atoms with Gasteiger partial charge in [-0.25, -0.2) is 4.98 Å². The molecule has 0 radical (unpaired) electrons. The predicted octanol–water partition coefficient (Wildman–Crippen LogP) is 2.22. The number of amides is 1. The standard InChI is InChI=1S/C26H33N7O2/c27-24-21(3-1-11-28-24)18-32-14-9-26(10-15-32)17-22-19-33(31-30-22)13-2-16-35-23-6-4-20(5-7-23)8-12-29-25(26)34/h1,3-7,11,19H,2,8-10,12-18H2,(H2,27,28)(H,29,34). The molecule has 9 nitrogen and oxygen atoms in total. The Morgan fingerprint density at radius 1 is 1.11 bits per heavy atom. The molecular weight excluding hydrogens is 442 g/mol. The van der Waals surface area contributed by atoms with Crippen molar-refractivity contribution in [3.05, 3.63) is 65.6 Å². The lowest BCUT2D eigenvalue weighted by atomic mass is 9.74. The Morgan fingerprint density at radius 2 is 1.94 bits per heavy atom. The van der Waals surface area contributed by atoms with Gasteiger partial charge in [0, 0.05) is 50.4 Å². The van der Waals surface area contributed by atoms with Crippen molar-refractivity contribution in [2.45, 2.75) is 45.2 Å². The number of carbonyl (C=O) groups is 1. The second-order valence-corrected chi connectivity index (χ2v) is 9.61. The number of anilines is 1. The van der Waals surface area contributed by atoms with Crippen molar-refractivity contribution in [3.63, 3.8) is 0 Å². The molecule has 5 heterocycles. The summed E-state index contributed by atoms with van der Waals surface area (Å²) in [5.41, 5.74) is 8.63. The quantitative estimate of drug-likeness (QED) is 0.585. The topological polar surface area (TPSA) is 111 Å². The zero-order valence-electron chi connectivity index (χ0n) is 20.0. The van der Waals surface area contributed by atoms with Gasteiger partial charge in [0.05, 0.1) is 17.7 Å². The Hall–Kier alpha value is -3.46. The van der Waals surface area contributed by atoms with Crippen molar-refractivity contribution in [3.8, 4) is 5.75 Å². The minimum atomic E-state index is -0.501. The van der Waals surface area contributed by atoms with Crippen LogP contribution in [0.15, 0.2) is 48.8 Å². The van der Waals surface area contributed by atoms with Gasteiger partial charge < -0.3 is 15.8 Å². The summed E-state index contributed by atoms with van der Waals surface area (Å²) in [4.78, 5) is 20.2. The van der Waals surface area contributed by atoms with Crippen molar-refractivity contribution in [2.24, 2.45) is 5.41 Å². The number of hydrogen-bond donors (Lipinski definition) is 2. The molecule has 1 fully saturated rings. The van der Waals surface area contributed by atoms with Crippen LogP contribution in [0.5, 0.6) is 5.75 Å². The van der Waals surface area contributed by atoms with E-state index in [0.29, 0.717) is 25.4 Å². The summed E-state index contributed by atoms with van der Waals surface area (Å²) < 4.78 is 7.71. The van der Waals surface area contributed by atoms with E-state index in [0.717, 1.165) is 68.9 Å². The van der Waals surface area contributed by atoms with Crippen LogP contribution in [-0.2, 0) is 30.7 Å². The Bertz CT molecular complexity index is 1140. The lowest BCUT2D eigenvalue weighted by molar-refractivity contribution is -0.134. The maximum absolute atomic E-state index is 13.6. The second kappa shape index (κ2) is 10.4. The van der Waals surface area contributed by atoms with Gasteiger partial charge in [0.25, 0.3) is 0 Å².